The van der Waals surface area contributed by atoms with Gasteiger partial charge in [0.15, 0.2) is 15.9 Å². The summed E-state index contributed by atoms with van der Waals surface area (Å²) in [7, 11) is 0. The molecule has 0 saturated heterocycles. The Kier molecular flexibility index (Phi) is 5.93. The van der Waals surface area contributed by atoms with E-state index in [1.54, 1.807) is 25.1 Å². The van der Waals surface area contributed by atoms with Gasteiger partial charge in [0.1, 0.15) is 0 Å². The third-order valence-electron chi connectivity index (χ3n) is 5.37. The molecule has 0 bridgehead atoms. The highest BCUT2D eigenvalue weighted by Crippen LogP contribution is 2.29. The van der Waals surface area contributed by atoms with Crippen LogP contribution in [0.2, 0.25) is 0 Å². The second-order valence-corrected chi connectivity index (χ2v) is 9.71. The number of aromatic nitrogens is 4. The summed E-state index contributed by atoms with van der Waals surface area (Å²) in [5.41, 5.74) is 5.23. The minimum Gasteiger partial charge on any atom is -0.462 e. The minimum absolute atomic E-state index is 0.159. The fraction of sp³-hybridized carbons (Fsp3) is 0.208. The van der Waals surface area contributed by atoms with E-state index in [4.69, 9.17) is 4.74 Å². The molecule has 10 heteroatoms. The van der Waals surface area contributed by atoms with Crippen molar-refractivity contribution in [2.45, 2.75) is 25.9 Å². The van der Waals surface area contributed by atoms with E-state index >= 15 is 0 Å². The van der Waals surface area contributed by atoms with Gasteiger partial charge in [-0.1, -0.05) is 41.3 Å². The number of thiazole rings is 1. The molecule has 0 fully saturated rings. The number of carbonyl (C=O) groups is 2. The smallest absolute Gasteiger partial charge is 0.338 e. The van der Waals surface area contributed by atoms with Gasteiger partial charge >= 0.3 is 5.97 Å². The predicted molar refractivity (Wildman–Crippen MR) is 135 cm³/mol. The Balaban J connectivity index is 1.34. The number of fused-ring (bicyclic) bond motifs is 4. The molecule has 1 N–H and O–H groups in total. The lowest BCUT2D eigenvalue weighted by molar-refractivity contribution is -0.113. The number of benzene rings is 2. The Labute approximate surface area is 203 Å². The number of hydrogen-bond donors (Lipinski definition) is 1. The lowest BCUT2D eigenvalue weighted by Gasteiger charge is -2.09. The molecule has 172 valence electrons. The average molecular weight is 492 g/mol. The maximum absolute atomic E-state index is 12.7. The Bertz CT molecular complexity index is 1570. The highest BCUT2D eigenvalue weighted by Gasteiger charge is 2.16. The van der Waals surface area contributed by atoms with Crippen molar-refractivity contribution >= 4 is 66.9 Å². The van der Waals surface area contributed by atoms with Gasteiger partial charge in [0.25, 0.3) is 0 Å². The molecule has 0 spiro atoms. The van der Waals surface area contributed by atoms with Crippen molar-refractivity contribution in [2.75, 3.05) is 17.7 Å². The molecule has 2 aromatic carbocycles. The molecule has 0 aliphatic carbocycles. The molecule has 0 saturated carbocycles. The number of rotatable bonds is 6. The molecule has 8 nitrogen and oxygen atoms in total. The number of amides is 1. The largest absolute Gasteiger partial charge is 0.462 e. The van der Waals surface area contributed by atoms with Gasteiger partial charge in [0, 0.05) is 5.39 Å². The third kappa shape index (κ3) is 4.10. The Hall–Kier alpha value is -3.50. The number of pyridine rings is 1. The normalized spacial score (nSPS) is 11.4. The van der Waals surface area contributed by atoms with E-state index in [1.165, 1.54) is 23.1 Å². The molecular weight excluding hydrogens is 470 g/mol. The number of ether oxygens (including phenoxy) is 1. The molecule has 1 amide bonds. The number of nitrogens with zero attached hydrogens (tertiary/aromatic N) is 4. The molecule has 0 aliphatic heterocycles. The van der Waals surface area contributed by atoms with Crippen LogP contribution < -0.4 is 5.32 Å². The van der Waals surface area contributed by atoms with Crippen molar-refractivity contribution in [1.29, 1.82) is 0 Å². The predicted octanol–water partition coefficient (Wildman–Crippen LogP) is 5.02. The number of thioether (sulfide) groups is 1. The van der Waals surface area contributed by atoms with Gasteiger partial charge in [0.2, 0.25) is 5.91 Å². The molecule has 5 aromatic rings. The Morgan fingerprint density at radius 3 is 2.79 bits per heavy atom. The molecule has 0 aliphatic rings. The number of hydrogen-bond acceptors (Lipinski definition) is 8. The molecule has 0 radical (unpaired) electrons. The highest BCUT2D eigenvalue weighted by molar-refractivity contribution is 7.99. The number of carbonyl (C=O) groups excluding carboxylic acids is 2. The summed E-state index contributed by atoms with van der Waals surface area (Å²) in [6, 6.07) is 13.3. The summed E-state index contributed by atoms with van der Waals surface area (Å²) >= 11 is 2.64. The monoisotopic (exact) mass is 491 g/mol. The second kappa shape index (κ2) is 9.03. The van der Waals surface area contributed by atoms with Crippen LogP contribution in [-0.4, -0.2) is 43.8 Å². The van der Waals surface area contributed by atoms with Crippen molar-refractivity contribution < 1.29 is 14.3 Å². The van der Waals surface area contributed by atoms with E-state index in [0.717, 1.165) is 32.4 Å². The van der Waals surface area contributed by atoms with Gasteiger partial charge in [-0.15, -0.1) is 10.2 Å². The zero-order chi connectivity index (χ0) is 23.8. The summed E-state index contributed by atoms with van der Waals surface area (Å²) in [6.45, 7) is 6.20. The van der Waals surface area contributed by atoms with Crippen LogP contribution in [0, 0.1) is 13.8 Å². The first kappa shape index (κ1) is 22.3. The van der Waals surface area contributed by atoms with E-state index in [2.05, 4.69) is 46.5 Å². The average Bonchev–Trinajstić information content (AvgIpc) is 3.40. The summed E-state index contributed by atoms with van der Waals surface area (Å²) in [4.78, 5) is 29.1. The SMILES string of the molecule is CCOC(=O)c1ccc2nc(NC(=O)CSc3nnc4cc(C)c5cccc(C)c5n34)sc2c1. The van der Waals surface area contributed by atoms with Crippen LogP contribution in [-0.2, 0) is 9.53 Å². The second-order valence-electron chi connectivity index (χ2n) is 7.73. The lowest BCUT2D eigenvalue weighted by Crippen LogP contribution is -2.14. The van der Waals surface area contributed by atoms with E-state index in [1.807, 2.05) is 16.5 Å². The molecule has 3 aromatic heterocycles. The molecular formula is C24H21N5O3S2. The van der Waals surface area contributed by atoms with Crippen LogP contribution >= 0.6 is 23.1 Å². The van der Waals surface area contributed by atoms with Gasteiger partial charge in [0.05, 0.1) is 33.7 Å². The van der Waals surface area contributed by atoms with Crippen molar-refractivity contribution in [3.8, 4) is 0 Å². The van der Waals surface area contributed by atoms with Gasteiger partial charge in [-0.05, 0) is 56.2 Å². The van der Waals surface area contributed by atoms with Crippen molar-refractivity contribution in [3.63, 3.8) is 0 Å². The topological polar surface area (TPSA) is 98.5 Å². The number of esters is 1. The molecule has 0 atom stereocenters. The van der Waals surface area contributed by atoms with Gasteiger partial charge in [-0.3, -0.25) is 9.20 Å². The fourth-order valence-electron chi connectivity index (χ4n) is 3.83. The molecule has 0 unspecified atom stereocenters. The van der Waals surface area contributed by atoms with E-state index in [0.29, 0.717) is 28.0 Å². The summed E-state index contributed by atoms with van der Waals surface area (Å²) in [6.07, 6.45) is 0. The number of para-hydroxylation sites is 1. The molecule has 5 rings (SSSR count). The molecule has 34 heavy (non-hydrogen) atoms. The summed E-state index contributed by atoms with van der Waals surface area (Å²) < 4.78 is 7.85. The van der Waals surface area contributed by atoms with Crippen LogP contribution in [0.1, 0.15) is 28.4 Å². The van der Waals surface area contributed by atoms with Gasteiger partial charge < -0.3 is 10.1 Å². The van der Waals surface area contributed by atoms with Crippen LogP contribution in [0.4, 0.5) is 5.13 Å². The fourth-order valence-corrected chi connectivity index (χ4v) is 5.49. The zero-order valence-electron chi connectivity index (χ0n) is 18.8. The first-order valence-electron chi connectivity index (χ1n) is 10.7. The lowest BCUT2D eigenvalue weighted by atomic mass is 10.1. The van der Waals surface area contributed by atoms with Crippen LogP contribution in [0.5, 0.6) is 0 Å². The van der Waals surface area contributed by atoms with Crippen LogP contribution in [0.15, 0.2) is 47.6 Å². The molecule has 3 heterocycles. The summed E-state index contributed by atoms with van der Waals surface area (Å²) in [5.74, 6) is -0.413. The maximum Gasteiger partial charge on any atom is 0.338 e. The van der Waals surface area contributed by atoms with Gasteiger partial charge in [-0.25, -0.2) is 9.78 Å². The first-order valence-corrected chi connectivity index (χ1v) is 12.5. The first-order chi connectivity index (χ1) is 16.4. The third-order valence-corrected chi connectivity index (χ3v) is 7.23. The quantitative estimate of drug-likeness (QED) is 0.263. The van der Waals surface area contributed by atoms with E-state index in [-0.39, 0.29) is 17.6 Å². The highest BCUT2D eigenvalue weighted by atomic mass is 32.2. The number of nitrogens with one attached hydrogen (secondary N) is 1. The van der Waals surface area contributed by atoms with Crippen molar-refractivity contribution in [2.24, 2.45) is 0 Å². The standard InChI is InChI=1S/C24H21N5O3S2/c1-4-32-22(31)15-8-9-17-18(11-15)34-23(25-17)26-20(30)12-33-24-28-27-19-10-14(3)16-7-5-6-13(2)21(16)29(19)24/h5-11H,4,12H2,1-3H3,(H,25,26,30). The minimum atomic E-state index is -0.377. The Morgan fingerprint density at radius 1 is 1.12 bits per heavy atom. The zero-order valence-corrected chi connectivity index (χ0v) is 20.4. The van der Waals surface area contributed by atoms with Crippen LogP contribution in [0.25, 0.3) is 26.8 Å². The number of anilines is 1. The van der Waals surface area contributed by atoms with Crippen LogP contribution in [0.3, 0.4) is 0 Å². The number of aryl methyl sites for hydroxylation is 2. The van der Waals surface area contributed by atoms with E-state index < -0.39 is 0 Å². The van der Waals surface area contributed by atoms with E-state index in [9.17, 15) is 9.59 Å². The Morgan fingerprint density at radius 2 is 1.97 bits per heavy atom. The van der Waals surface area contributed by atoms with Crippen molar-refractivity contribution in [3.05, 3.63) is 59.2 Å². The maximum atomic E-state index is 12.7. The van der Waals surface area contributed by atoms with Crippen molar-refractivity contribution in [1.82, 2.24) is 19.6 Å². The van der Waals surface area contributed by atoms with Gasteiger partial charge in [-0.2, -0.15) is 0 Å². The summed E-state index contributed by atoms with van der Waals surface area (Å²) in [5, 5.41) is 13.7.